The van der Waals surface area contributed by atoms with Gasteiger partial charge in [-0.1, -0.05) is 42.4 Å². The average Bonchev–Trinajstić information content (AvgIpc) is 2.15. The maximum Gasteiger partial charge on any atom is 0.106 e. The Morgan fingerprint density at radius 2 is 2.00 bits per heavy atom. The van der Waals surface area contributed by atoms with Crippen LogP contribution < -0.4 is 0 Å². The predicted molar refractivity (Wildman–Crippen MR) is 48.9 cm³/mol. The zero-order chi connectivity index (χ0) is 8.81. The lowest BCUT2D eigenvalue weighted by Crippen LogP contribution is -1.99. The fourth-order valence-electron chi connectivity index (χ4n) is 0.930. The van der Waals surface area contributed by atoms with Crippen molar-refractivity contribution in [1.82, 2.24) is 0 Å². The third-order valence-corrected chi connectivity index (χ3v) is 1.47. The standard InChI is InChI=1S/C10H11NO/c1-3-10(11-12-2)9-7-5-4-6-8-9/h4-8H,1-2H3/b11-10-. The van der Waals surface area contributed by atoms with E-state index in [1.165, 1.54) is 7.11 Å². The molecule has 0 aliphatic heterocycles. The Bertz CT molecular complexity index is 254. The molecule has 0 saturated heterocycles. The third-order valence-electron chi connectivity index (χ3n) is 1.47. The normalized spacial score (nSPS) is 11.3. The molecule has 0 aromatic heterocycles. The van der Waals surface area contributed by atoms with Crippen molar-refractivity contribution in [2.45, 2.75) is 6.92 Å². The maximum atomic E-state index is 4.67. The minimum atomic E-state index is 0.734. The van der Waals surface area contributed by atoms with Crippen LogP contribution in [0, 0.1) is 6.42 Å². The fourth-order valence-corrected chi connectivity index (χ4v) is 0.930. The van der Waals surface area contributed by atoms with Crippen molar-refractivity contribution < 1.29 is 4.84 Å². The minimum absolute atomic E-state index is 0.734. The highest BCUT2D eigenvalue weighted by atomic mass is 16.6. The number of hydrogen-bond acceptors (Lipinski definition) is 2. The lowest BCUT2D eigenvalue weighted by Gasteiger charge is -2.00. The highest BCUT2D eigenvalue weighted by molar-refractivity contribution is 6.05. The molecular formula is C10H11NO. The average molecular weight is 161 g/mol. The Labute approximate surface area is 72.9 Å². The summed E-state index contributed by atoms with van der Waals surface area (Å²) in [6, 6.07) is 9.81. The van der Waals surface area contributed by atoms with Crippen LogP contribution in [0.3, 0.4) is 0 Å². The van der Waals surface area contributed by atoms with Crippen LogP contribution in [0.15, 0.2) is 35.5 Å². The molecule has 0 fully saturated rings. The molecule has 1 aromatic carbocycles. The molecule has 0 bridgehead atoms. The van der Waals surface area contributed by atoms with E-state index in [0.29, 0.717) is 0 Å². The summed E-state index contributed by atoms with van der Waals surface area (Å²) < 4.78 is 0. The van der Waals surface area contributed by atoms with Crippen molar-refractivity contribution >= 4 is 5.71 Å². The molecule has 0 aliphatic rings. The summed E-state index contributed by atoms with van der Waals surface area (Å²) >= 11 is 0. The highest BCUT2D eigenvalue weighted by Crippen LogP contribution is 2.03. The largest absolute Gasteiger partial charge is 0.399 e. The van der Waals surface area contributed by atoms with Gasteiger partial charge in [0.25, 0.3) is 0 Å². The van der Waals surface area contributed by atoms with E-state index < -0.39 is 0 Å². The van der Waals surface area contributed by atoms with Gasteiger partial charge in [0, 0.05) is 6.42 Å². The van der Waals surface area contributed by atoms with Gasteiger partial charge in [-0.25, -0.2) is 0 Å². The van der Waals surface area contributed by atoms with Crippen molar-refractivity contribution in [1.29, 1.82) is 0 Å². The van der Waals surface area contributed by atoms with Crippen LogP contribution in [0.2, 0.25) is 0 Å². The van der Waals surface area contributed by atoms with Crippen LogP contribution in [0.1, 0.15) is 12.5 Å². The van der Waals surface area contributed by atoms with Gasteiger partial charge >= 0.3 is 0 Å². The fraction of sp³-hybridized carbons (Fsp3) is 0.200. The Kier molecular flexibility index (Phi) is 3.33. The van der Waals surface area contributed by atoms with E-state index in [9.17, 15) is 0 Å². The Morgan fingerprint density at radius 1 is 1.33 bits per heavy atom. The molecule has 1 aromatic rings. The molecular weight excluding hydrogens is 150 g/mol. The van der Waals surface area contributed by atoms with Gasteiger partial charge < -0.3 is 4.84 Å². The monoisotopic (exact) mass is 161 g/mol. The van der Waals surface area contributed by atoms with Crippen LogP contribution in [0.4, 0.5) is 0 Å². The molecule has 0 spiro atoms. The highest BCUT2D eigenvalue weighted by Gasteiger charge is 1.99. The van der Waals surface area contributed by atoms with Gasteiger partial charge in [-0.15, -0.1) is 0 Å². The minimum Gasteiger partial charge on any atom is -0.399 e. The number of hydrogen-bond donors (Lipinski definition) is 0. The Balaban J connectivity index is 2.88. The van der Waals surface area contributed by atoms with E-state index in [0.717, 1.165) is 11.3 Å². The van der Waals surface area contributed by atoms with Crippen LogP contribution in [0.25, 0.3) is 0 Å². The van der Waals surface area contributed by atoms with Crippen molar-refractivity contribution in [3.63, 3.8) is 0 Å². The number of nitrogens with zero attached hydrogens (tertiary/aromatic N) is 1. The summed E-state index contributed by atoms with van der Waals surface area (Å²) in [4.78, 5) is 4.67. The van der Waals surface area contributed by atoms with Crippen molar-refractivity contribution in [3.8, 4) is 0 Å². The van der Waals surface area contributed by atoms with Gasteiger partial charge in [0.15, 0.2) is 0 Å². The van der Waals surface area contributed by atoms with E-state index in [2.05, 4.69) is 16.4 Å². The quantitative estimate of drug-likeness (QED) is 0.491. The second-order valence-corrected chi connectivity index (χ2v) is 2.24. The van der Waals surface area contributed by atoms with Crippen molar-refractivity contribution in [2.24, 2.45) is 5.16 Å². The van der Waals surface area contributed by atoms with Crippen LogP contribution >= 0.6 is 0 Å². The zero-order valence-electron chi connectivity index (χ0n) is 7.24. The summed E-state index contributed by atoms with van der Waals surface area (Å²) in [5.41, 5.74) is 1.75. The maximum absolute atomic E-state index is 4.67. The molecule has 0 unspecified atom stereocenters. The molecule has 1 rings (SSSR count). The van der Waals surface area contributed by atoms with Gasteiger partial charge in [-0.2, -0.15) is 0 Å². The summed E-state index contributed by atoms with van der Waals surface area (Å²) in [5, 5.41) is 3.82. The topological polar surface area (TPSA) is 21.6 Å². The predicted octanol–water partition coefficient (Wildman–Crippen LogP) is 2.14. The molecule has 2 heteroatoms. The van der Waals surface area contributed by atoms with Crippen LogP contribution in [-0.2, 0) is 4.84 Å². The summed E-state index contributed by atoms with van der Waals surface area (Å²) in [5.74, 6) is 0. The molecule has 0 aliphatic carbocycles. The SMILES string of the molecule is C[C]/C(=N/OC)c1ccccc1. The molecule has 2 nitrogen and oxygen atoms in total. The molecule has 0 amide bonds. The smallest absolute Gasteiger partial charge is 0.106 e. The molecule has 0 heterocycles. The number of rotatable bonds is 3. The van der Waals surface area contributed by atoms with E-state index >= 15 is 0 Å². The number of oxime groups is 1. The number of benzene rings is 1. The second-order valence-electron chi connectivity index (χ2n) is 2.24. The van der Waals surface area contributed by atoms with Crippen LogP contribution in [-0.4, -0.2) is 12.8 Å². The van der Waals surface area contributed by atoms with Gasteiger partial charge in [0.1, 0.15) is 7.11 Å². The molecule has 12 heavy (non-hydrogen) atoms. The summed E-state index contributed by atoms with van der Waals surface area (Å²) in [7, 11) is 1.53. The molecule has 0 N–H and O–H groups in total. The third kappa shape index (κ3) is 2.09. The first kappa shape index (κ1) is 8.78. The first-order chi connectivity index (χ1) is 5.88. The molecule has 0 atom stereocenters. The zero-order valence-corrected chi connectivity index (χ0v) is 7.24. The molecule has 2 radical (unpaired) electrons. The van der Waals surface area contributed by atoms with E-state index in [4.69, 9.17) is 0 Å². The van der Waals surface area contributed by atoms with Gasteiger partial charge in [-0.3, -0.25) is 0 Å². The van der Waals surface area contributed by atoms with Crippen LogP contribution in [0.5, 0.6) is 0 Å². The first-order valence-electron chi connectivity index (χ1n) is 3.73. The second kappa shape index (κ2) is 4.54. The van der Waals surface area contributed by atoms with Gasteiger partial charge in [0.05, 0.1) is 5.71 Å². The summed E-state index contributed by atoms with van der Waals surface area (Å²) in [6.45, 7) is 1.81. The lowest BCUT2D eigenvalue weighted by atomic mass is 10.1. The summed E-state index contributed by atoms with van der Waals surface area (Å²) in [6.07, 6.45) is 2.94. The first-order valence-corrected chi connectivity index (χ1v) is 3.73. The molecule has 0 saturated carbocycles. The molecule has 62 valence electrons. The van der Waals surface area contributed by atoms with E-state index in [1.807, 2.05) is 37.3 Å². The van der Waals surface area contributed by atoms with Crippen molar-refractivity contribution in [3.05, 3.63) is 42.3 Å². The van der Waals surface area contributed by atoms with E-state index in [1.54, 1.807) is 0 Å². The van der Waals surface area contributed by atoms with Crippen molar-refractivity contribution in [2.75, 3.05) is 7.11 Å². The van der Waals surface area contributed by atoms with Gasteiger partial charge in [0.2, 0.25) is 0 Å². The lowest BCUT2D eigenvalue weighted by molar-refractivity contribution is 0.214. The Morgan fingerprint density at radius 3 is 2.50 bits per heavy atom. The Hall–Kier alpha value is -1.31. The van der Waals surface area contributed by atoms with Gasteiger partial charge in [-0.05, 0) is 5.56 Å². The van der Waals surface area contributed by atoms with E-state index in [-0.39, 0.29) is 0 Å².